The van der Waals surface area contributed by atoms with E-state index in [1.54, 1.807) is 12.1 Å². The molecule has 2 aromatic carbocycles. The van der Waals surface area contributed by atoms with Crippen LogP contribution in [0.1, 0.15) is 15.9 Å². The molecule has 0 radical (unpaired) electrons. The molecule has 2 amide bonds. The number of anilines is 1. The van der Waals surface area contributed by atoms with Crippen molar-refractivity contribution >= 4 is 29.7 Å². The Kier molecular flexibility index (Phi) is 6.48. The van der Waals surface area contributed by atoms with E-state index in [2.05, 4.69) is 15.8 Å². The number of rotatable bonds is 6. The lowest BCUT2D eigenvalue weighted by molar-refractivity contribution is -0.136. The van der Waals surface area contributed by atoms with E-state index in [1.165, 1.54) is 50.8 Å². The summed E-state index contributed by atoms with van der Waals surface area (Å²) >= 11 is 0. The van der Waals surface area contributed by atoms with E-state index >= 15 is 0 Å². The first kappa shape index (κ1) is 19.4. The van der Waals surface area contributed by atoms with E-state index in [1.807, 2.05) is 0 Å². The summed E-state index contributed by atoms with van der Waals surface area (Å²) < 4.78 is 10.2. The summed E-state index contributed by atoms with van der Waals surface area (Å²) in [4.78, 5) is 34.6. The van der Waals surface area contributed by atoms with Gasteiger partial charge in [0, 0.05) is 6.07 Å². The SMILES string of the molecule is COc1ccc(OC)c(NC(=O)C(=O)NN=Cc2ccc(C(=O)O)cc2)c1. The van der Waals surface area contributed by atoms with E-state index < -0.39 is 17.8 Å². The molecule has 9 nitrogen and oxygen atoms in total. The van der Waals surface area contributed by atoms with Gasteiger partial charge < -0.3 is 19.9 Å². The molecule has 0 bridgehead atoms. The highest BCUT2D eigenvalue weighted by atomic mass is 16.5. The van der Waals surface area contributed by atoms with Crippen molar-refractivity contribution in [1.29, 1.82) is 0 Å². The molecule has 27 heavy (non-hydrogen) atoms. The van der Waals surface area contributed by atoms with Crippen LogP contribution in [0, 0.1) is 0 Å². The van der Waals surface area contributed by atoms with Crippen LogP contribution in [-0.4, -0.2) is 43.3 Å². The normalized spacial score (nSPS) is 10.3. The zero-order valence-corrected chi connectivity index (χ0v) is 14.6. The summed E-state index contributed by atoms with van der Waals surface area (Å²) in [7, 11) is 2.90. The Bertz CT molecular complexity index is 877. The number of hydrogen-bond donors (Lipinski definition) is 3. The van der Waals surface area contributed by atoms with Gasteiger partial charge in [-0.2, -0.15) is 5.10 Å². The Balaban J connectivity index is 1.97. The van der Waals surface area contributed by atoms with Gasteiger partial charge in [-0.25, -0.2) is 10.2 Å². The van der Waals surface area contributed by atoms with Crippen molar-refractivity contribution in [3.8, 4) is 11.5 Å². The molecule has 0 heterocycles. The fourth-order valence-corrected chi connectivity index (χ4v) is 2.02. The standard InChI is InChI=1S/C18H17N3O6/c1-26-13-7-8-15(27-2)14(9-13)20-16(22)17(23)21-19-10-11-3-5-12(6-4-11)18(24)25/h3-10H,1-2H3,(H,20,22)(H,21,23)(H,24,25). The lowest BCUT2D eigenvalue weighted by Crippen LogP contribution is -2.32. The van der Waals surface area contributed by atoms with Crippen molar-refractivity contribution in [2.75, 3.05) is 19.5 Å². The second-order valence-electron chi connectivity index (χ2n) is 5.15. The lowest BCUT2D eigenvalue weighted by Gasteiger charge is -2.11. The number of aromatic carboxylic acids is 1. The molecule has 2 aromatic rings. The van der Waals surface area contributed by atoms with Gasteiger partial charge in [-0.1, -0.05) is 12.1 Å². The molecule has 0 spiro atoms. The quantitative estimate of drug-likeness (QED) is 0.401. The third-order valence-corrected chi connectivity index (χ3v) is 3.40. The van der Waals surface area contributed by atoms with Gasteiger partial charge in [0.1, 0.15) is 11.5 Å². The summed E-state index contributed by atoms with van der Waals surface area (Å²) in [5.74, 6) is -2.14. The van der Waals surface area contributed by atoms with Crippen molar-refractivity contribution in [2.24, 2.45) is 5.10 Å². The highest BCUT2D eigenvalue weighted by molar-refractivity contribution is 6.39. The Morgan fingerprint density at radius 1 is 1.00 bits per heavy atom. The van der Waals surface area contributed by atoms with Gasteiger partial charge in [0.05, 0.1) is 31.7 Å². The molecule has 0 aliphatic rings. The van der Waals surface area contributed by atoms with E-state index in [0.717, 1.165) is 0 Å². The van der Waals surface area contributed by atoms with Crippen molar-refractivity contribution in [3.63, 3.8) is 0 Å². The first-order valence-corrected chi connectivity index (χ1v) is 7.64. The van der Waals surface area contributed by atoms with E-state index in [-0.39, 0.29) is 11.3 Å². The molecule has 0 atom stereocenters. The number of ether oxygens (including phenoxy) is 2. The fourth-order valence-electron chi connectivity index (χ4n) is 2.02. The smallest absolute Gasteiger partial charge is 0.335 e. The number of carbonyl (C=O) groups excluding carboxylic acids is 2. The van der Waals surface area contributed by atoms with Crippen LogP contribution in [0.2, 0.25) is 0 Å². The first-order valence-electron chi connectivity index (χ1n) is 7.64. The molecule has 0 saturated carbocycles. The van der Waals surface area contributed by atoms with E-state index in [9.17, 15) is 14.4 Å². The Morgan fingerprint density at radius 2 is 1.70 bits per heavy atom. The molecule has 0 aliphatic carbocycles. The topological polar surface area (TPSA) is 126 Å². The average Bonchev–Trinajstić information content (AvgIpc) is 2.68. The van der Waals surface area contributed by atoms with Gasteiger partial charge in [0.25, 0.3) is 0 Å². The van der Waals surface area contributed by atoms with Gasteiger partial charge in [-0.15, -0.1) is 0 Å². The van der Waals surface area contributed by atoms with Crippen LogP contribution in [0.4, 0.5) is 5.69 Å². The van der Waals surface area contributed by atoms with Gasteiger partial charge in [0.15, 0.2) is 0 Å². The summed E-state index contributed by atoms with van der Waals surface area (Å²) in [6, 6.07) is 10.6. The maximum absolute atomic E-state index is 12.0. The summed E-state index contributed by atoms with van der Waals surface area (Å²) in [6.45, 7) is 0. The molecular formula is C18H17N3O6. The van der Waals surface area contributed by atoms with Crippen molar-refractivity contribution in [2.45, 2.75) is 0 Å². The van der Waals surface area contributed by atoms with Crippen molar-refractivity contribution in [1.82, 2.24) is 5.43 Å². The van der Waals surface area contributed by atoms with Crippen LogP contribution in [0.15, 0.2) is 47.6 Å². The number of hydrogen-bond acceptors (Lipinski definition) is 6. The molecule has 3 N–H and O–H groups in total. The maximum atomic E-state index is 12.0. The second-order valence-corrected chi connectivity index (χ2v) is 5.15. The van der Waals surface area contributed by atoms with Crippen LogP contribution in [0.25, 0.3) is 0 Å². The summed E-state index contributed by atoms with van der Waals surface area (Å²) in [6.07, 6.45) is 1.28. The van der Waals surface area contributed by atoms with Crippen LogP contribution >= 0.6 is 0 Å². The number of methoxy groups -OCH3 is 2. The van der Waals surface area contributed by atoms with Gasteiger partial charge in [0.2, 0.25) is 0 Å². The molecule has 140 valence electrons. The van der Waals surface area contributed by atoms with E-state index in [4.69, 9.17) is 14.6 Å². The first-order chi connectivity index (χ1) is 12.9. The molecule has 2 rings (SSSR count). The number of amides is 2. The molecular weight excluding hydrogens is 354 g/mol. The number of benzene rings is 2. The number of carboxylic acid groups (broad SMARTS) is 1. The number of carbonyl (C=O) groups is 3. The molecule has 0 aliphatic heterocycles. The van der Waals surface area contributed by atoms with Gasteiger partial charge in [-0.05, 0) is 29.8 Å². The Labute approximate surface area is 154 Å². The fraction of sp³-hybridized carbons (Fsp3) is 0.111. The monoisotopic (exact) mass is 371 g/mol. The Hall–Kier alpha value is -3.88. The van der Waals surface area contributed by atoms with Crippen LogP contribution in [-0.2, 0) is 9.59 Å². The van der Waals surface area contributed by atoms with E-state index in [0.29, 0.717) is 17.1 Å². The van der Waals surface area contributed by atoms with Crippen LogP contribution in [0.5, 0.6) is 11.5 Å². The molecule has 0 fully saturated rings. The number of hydrazone groups is 1. The molecule has 0 saturated heterocycles. The zero-order chi connectivity index (χ0) is 19.8. The third kappa shape index (κ3) is 5.30. The van der Waals surface area contributed by atoms with Crippen molar-refractivity contribution in [3.05, 3.63) is 53.6 Å². The van der Waals surface area contributed by atoms with Gasteiger partial charge >= 0.3 is 17.8 Å². The molecule has 0 unspecified atom stereocenters. The zero-order valence-electron chi connectivity index (χ0n) is 14.6. The number of nitrogens with one attached hydrogen (secondary N) is 2. The minimum atomic E-state index is -1.04. The minimum absolute atomic E-state index is 0.128. The van der Waals surface area contributed by atoms with Crippen LogP contribution < -0.4 is 20.2 Å². The number of carboxylic acids is 1. The maximum Gasteiger partial charge on any atom is 0.335 e. The second kappa shape index (κ2) is 8.99. The van der Waals surface area contributed by atoms with Crippen LogP contribution in [0.3, 0.4) is 0 Å². The predicted molar refractivity (Wildman–Crippen MR) is 97.3 cm³/mol. The summed E-state index contributed by atoms with van der Waals surface area (Å²) in [5, 5.41) is 14.9. The number of nitrogens with zero attached hydrogens (tertiary/aromatic N) is 1. The highest BCUT2D eigenvalue weighted by Crippen LogP contribution is 2.28. The molecule has 0 aromatic heterocycles. The Morgan fingerprint density at radius 3 is 2.30 bits per heavy atom. The largest absolute Gasteiger partial charge is 0.497 e. The average molecular weight is 371 g/mol. The predicted octanol–water partition coefficient (Wildman–Crippen LogP) is 1.49. The molecule has 9 heteroatoms. The van der Waals surface area contributed by atoms with Crippen molar-refractivity contribution < 1.29 is 29.0 Å². The summed E-state index contributed by atoms with van der Waals surface area (Å²) in [5.41, 5.74) is 3.03. The van der Waals surface area contributed by atoms with Gasteiger partial charge in [-0.3, -0.25) is 9.59 Å². The lowest BCUT2D eigenvalue weighted by atomic mass is 10.1. The highest BCUT2D eigenvalue weighted by Gasteiger charge is 2.16. The third-order valence-electron chi connectivity index (χ3n) is 3.40. The minimum Gasteiger partial charge on any atom is -0.497 e.